The summed E-state index contributed by atoms with van der Waals surface area (Å²) < 4.78 is 23.8. The number of nitrogens with zero attached hydrogens (tertiary/aromatic N) is 2. The molecule has 0 aliphatic carbocycles. The first-order valence-electron chi connectivity index (χ1n) is 9.28. The SMILES string of the molecule is CCC(=O)N(CCc1ccc(OC)c(OC)c1)c1nc(-c2ccc(F)cc2)cs1. The first-order chi connectivity index (χ1) is 14.0. The zero-order valence-electron chi connectivity index (χ0n) is 16.6. The molecule has 5 nitrogen and oxygen atoms in total. The maximum absolute atomic E-state index is 13.2. The van der Waals surface area contributed by atoms with Gasteiger partial charge in [-0.15, -0.1) is 11.3 Å². The number of aromatic nitrogens is 1. The van der Waals surface area contributed by atoms with E-state index >= 15 is 0 Å². The Bertz CT molecular complexity index is 972. The Morgan fingerprint density at radius 3 is 2.48 bits per heavy atom. The zero-order chi connectivity index (χ0) is 20.8. The number of thiazole rings is 1. The van der Waals surface area contributed by atoms with Crippen LogP contribution in [0.5, 0.6) is 11.5 Å². The predicted molar refractivity (Wildman–Crippen MR) is 113 cm³/mol. The smallest absolute Gasteiger partial charge is 0.228 e. The first-order valence-corrected chi connectivity index (χ1v) is 10.2. The second-order valence-electron chi connectivity index (χ2n) is 6.36. The van der Waals surface area contributed by atoms with E-state index in [4.69, 9.17) is 9.47 Å². The quantitative estimate of drug-likeness (QED) is 0.523. The third-order valence-corrected chi connectivity index (χ3v) is 5.40. The number of anilines is 1. The minimum atomic E-state index is -0.290. The number of hydrogen-bond donors (Lipinski definition) is 0. The highest BCUT2D eigenvalue weighted by atomic mass is 32.1. The molecule has 3 aromatic rings. The summed E-state index contributed by atoms with van der Waals surface area (Å²) in [7, 11) is 3.20. The molecule has 0 unspecified atom stereocenters. The average Bonchev–Trinajstić information content (AvgIpc) is 3.23. The summed E-state index contributed by atoms with van der Waals surface area (Å²) in [5, 5.41) is 2.52. The van der Waals surface area contributed by atoms with Gasteiger partial charge in [-0.1, -0.05) is 13.0 Å². The number of halogens is 1. The van der Waals surface area contributed by atoms with Crippen LogP contribution in [0.4, 0.5) is 9.52 Å². The van der Waals surface area contributed by atoms with Crippen molar-refractivity contribution in [2.24, 2.45) is 0 Å². The molecule has 0 fully saturated rings. The number of carbonyl (C=O) groups is 1. The first kappa shape index (κ1) is 20.8. The number of amides is 1. The van der Waals surface area contributed by atoms with Gasteiger partial charge in [0.2, 0.25) is 5.91 Å². The van der Waals surface area contributed by atoms with Crippen molar-refractivity contribution in [3.8, 4) is 22.8 Å². The normalized spacial score (nSPS) is 10.6. The Morgan fingerprint density at radius 1 is 1.10 bits per heavy atom. The van der Waals surface area contributed by atoms with Crippen LogP contribution in [-0.2, 0) is 11.2 Å². The average molecular weight is 415 g/mol. The molecule has 7 heteroatoms. The molecule has 2 aromatic carbocycles. The Kier molecular flexibility index (Phi) is 6.82. The second kappa shape index (κ2) is 9.52. The number of methoxy groups -OCH3 is 2. The molecule has 29 heavy (non-hydrogen) atoms. The van der Waals surface area contributed by atoms with Crippen molar-refractivity contribution in [1.29, 1.82) is 0 Å². The Balaban J connectivity index is 1.79. The highest BCUT2D eigenvalue weighted by Crippen LogP contribution is 2.30. The summed E-state index contributed by atoms with van der Waals surface area (Å²) in [4.78, 5) is 18.9. The molecule has 0 N–H and O–H groups in total. The lowest BCUT2D eigenvalue weighted by Gasteiger charge is -2.19. The van der Waals surface area contributed by atoms with Crippen molar-refractivity contribution in [2.75, 3.05) is 25.7 Å². The van der Waals surface area contributed by atoms with E-state index in [0.717, 1.165) is 16.8 Å². The fourth-order valence-electron chi connectivity index (χ4n) is 2.94. The molecule has 0 atom stereocenters. The molecule has 0 saturated heterocycles. The van der Waals surface area contributed by atoms with E-state index in [-0.39, 0.29) is 11.7 Å². The van der Waals surface area contributed by atoms with Gasteiger partial charge in [0.05, 0.1) is 19.9 Å². The van der Waals surface area contributed by atoms with E-state index in [2.05, 4.69) is 4.98 Å². The molecule has 1 aromatic heterocycles. The van der Waals surface area contributed by atoms with Crippen molar-refractivity contribution in [2.45, 2.75) is 19.8 Å². The fraction of sp³-hybridized carbons (Fsp3) is 0.273. The summed E-state index contributed by atoms with van der Waals surface area (Å²) in [6.07, 6.45) is 1.04. The van der Waals surface area contributed by atoms with Gasteiger partial charge in [-0.2, -0.15) is 0 Å². The van der Waals surface area contributed by atoms with E-state index in [9.17, 15) is 9.18 Å². The third-order valence-electron chi connectivity index (χ3n) is 4.54. The summed E-state index contributed by atoms with van der Waals surface area (Å²) in [6.45, 7) is 2.33. The summed E-state index contributed by atoms with van der Waals surface area (Å²) in [6, 6.07) is 11.9. The van der Waals surface area contributed by atoms with E-state index in [1.165, 1.54) is 23.5 Å². The lowest BCUT2D eigenvalue weighted by molar-refractivity contribution is -0.118. The third kappa shape index (κ3) is 4.92. The number of ether oxygens (including phenoxy) is 2. The van der Waals surface area contributed by atoms with Crippen LogP contribution >= 0.6 is 11.3 Å². The molecule has 3 rings (SSSR count). The monoisotopic (exact) mass is 414 g/mol. The van der Waals surface area contributed by atoms with Crippen molar-refractivity contribution >= 4 is 22.4 Å². The van der Waals surface area contributed by atoms with Crippen LogP contribution in [-0.4, -0.2) is 31.7 Å². The van der Waals surface area contributed by atoms with Gasteiger partial charge in [0, 0.05) is 23.9 Å². The van der Waals surface area contributed by atoms with Crippen molar-refractivity contribution < 1.29 is 18.7 Å². The highest BCUT2D eigenvalue weighted by Gasteiger charge is 2.18. The Morgan fingerprint density at radius 2 is 1.83 bits per heavy atom. The van der Waals surface area contributed by atoms with Gasteiger partial charge in [0.15, 0.2) is 16.6 Å². The van der Waals surface area contributed by atoms with Gasteiger partial charge < -0.3 is 9.47 Å². The molecule has 0 aliphatic heterocycles. The van der Waals surface area contributed by atoms with E-state index in [1.807, 2.05) is 30.5 Å². The second-order valence-corrected chi connectivity index (χ2v) is 7.20. The van der Waals surface area contributed by atoms with Crippen LogP contribution in [0.15, 0.2) is 47.8 Å². The van der Waals surface area contributed by atoms with Gasteiger partial charge in [-0.05, 0) is 48.4 Å². The Hall–Kier alpha value is -2.93. The van der Waals surface area contributed by atoms with E-state index < -0.39 is 0 Å². The van der Waals surface area contributed by atoms with Crippen LogP contribution in [0.2, 0.25) is 0 Å². The standard InChI is InChI=1S/C22H23FN2O3S/c1-4-21(26)25(12-11-15-5-10-19(27-2)20(13-15)28-3)22-24-18(14-29-22)16-6-8-17(23)9-7-16/h5-10,13-14H,4,11-12H2,1-3H3. The van der Waals surface area contributed by atoms with Crippen LogP contribution < -0.4 is 14.4 Å². The number of benzene rings is 2. The molecule has 1 heterocycles. The number of carbonyl (C=O) groups excluding carboxylic acids is 1. The Labute approximate surface area is 173 Å². The summed E-state index contributed by atoms with van der Waals surface area (Å²) in [5.74, 6) is 1.04. The summed E-state index contributed by atoms with van der Waals surface area (Å²) >= 11 is 1.40. The van der Waals surface area contributed by atoms with Crippen molar-refractivity contribution in [3.63, 3.8) is 0 Å². The highest BCUT2D eigenvalue weighted by molar-refractivity contribution is 7.14. The van der Waals surface area contributed by atoms with Gasteiger partial charge >= 0.3 is 0 Å². The molecular weight excluding hydrogens is 391 g/mol. The largest absolute Gasteiger partial charge is 0.493 e. The van der Waals surface area contributed by atoms with Crippen molar-refractivity contribution in [1.82, 2.24) is 4.98 Å². The lowest BCUT2D eigenvalue weighted by atomic mass is 10.1. The van der Waals surface area contributed by atoms with Crippen LogP contribution in [0.3, 0.4) is 0 Å². The molecule has 0 bridgehead atoms. The zero-order valence-corrected chi connectivity index (χ0v) is 17.5. The van der Waals surface area contributed by atoms with Crippen LogP contribution in [0.1, 0.15) is 18.9 Å². The minimum Gasteiger partial charge on any atom is -0.493 e. The van der Waals surface area contributed by atoms with Gasteiger partial charge in [0.1, 0.15) is 5.82 Å². The number of rotatable bonds is 8. The molecule has 152 valence electrons. The van der Waals surface area contributed by atoms with Crippen molar-refractivity contribution in [3.05, 3.63) is 59.2 Å². The van der Waals surface area contributed by atoms with Gasteiger partial charge in [-0.3, -0.25) is 9.69 Å². The maximum atomic E-state index is 13.2. The van der Waals surface area contributed by atoms with E-state index in [1.54, 1.807) is 31.3 Å². The molecule has 0 aliphatic rings. The van der Waals surface area contributed by atoms with E-state index in [0.29, 0.717) is 36.0 Å². The van der Waals surface area contributed by atoms with Gasteiger partial charge in [0.25, 0.3) is 0 Å². The van der Waals surface area contributed by atoms with Gasteiger partial charge in [-0.25, -0.2) is 9.37 Å². The fourth-order valence-corrected chi connectivity index (χ4v) is 3.81. The lowest BCUT2D eigenvalue weighted by Crippen LogP contribution is -2.32. The maximum Gasteiger partial charge on any atom is 0.228 e. The van der Waals surface area contributed by atoms with Crippen LogP contribution in [0, 0.1) is 5.82 Å². The molecular formula is C22H23FN2O3S. The topological polar surface area (TPSA) is 51.7 Å². The molecule has 0 radical (unpaired) electrons. The minimum absolute atomic E-state index is 0.00508. The van der Waals surface area contributed by atoms with Crippen LogP contribution in [0.25, 0.3) is 11.3 Å². The molecule has 1 amide bonds. The predicted octanol–water partition coefficient (Wildman–Crippen LogP) is 4.95. The molecule has 0 spiro atoms. The summed E-state index contributed by atoms with van der Waals surface area (Å²) in [5.41, 5.74) is 2.58. The number of hydrogen-bond acceptors (Lipinski definition) is 5. The molecule has 0 saturated carbocycles.